The molecule has 3 heteroatoms. The van der Waals surface area contributed by atoms with Crippen LogP contribution in [0.15, 0.2) is 97.1 Å². The van der Waals surface area contributed by atoms with E-state index in [-0.39, 0.29) is 0 Å². The van der Waals surface area contributed by atoms with Crippen LogP contribution in [0.1, 0.15) is 47.1 Å². The molecule has 1 unspecified atom stereocenters. The highest BCUT2D eigenvalue weighted by Gasteiger charge is 2.16. The Kier molecular flexibility index (Phi) is 7.93. The molecule has 1 atom stereocenters. The molecule has 0 aliphatic carbocycles. The van der Waals surface area contributed by atoms with Crippen LogP contribution >= 0.6 is 8.58 Å². The van der Waals surface area contributed by atoms with Crippen LogP contribution in [0.25, 0.3) is 0 Å². The maximum Gasteiger partial charge on any atom is 0.126 e. The molecule has 0 radical (unpaired) electrons. The van der Waals surface area contributed by atoms with E-state index in [2.05, 4.69) is 95.9 Å². The second kappa shape index (κ2) is 11.7. The van der Waals surface area contributed by atoms with Crippen LogP contribution in [0.2, 0.25) is 0 Å². The lowest BCUT2D eigenvalue weighted by Gasteiger charge is -2.27. The summed E-state index contributed by atoms with van der Waals surface area (Å²) in [7, 11) is 0.433. The predicted molar refractivity (Wildman–Crippen MR) is 150 cm³/mol. The van der Waals surface area contributed by atoms with Gasteiger partial charge in [-0.15, -0.1) is 0 Å². The molecule has 1 N–H and O–H groups in total. The van der Waals surface area contributed by atoms with Crippen molar-refractivity contribution in [1.82, 2.24) is 4.90 Å². The van der Waals surface area contributed by atoms with E-state index >= 15 is 0 Å². The van der Waals surface area contributed by atoms with Crippen molar-refractivity contribution in [2.75, 3.05) is 13.1 Å². The fourth-order valence-electron chi connectivity index (χ4n) is 5.02. The number of benzene rings is 4. The van der Waals surface area contributed by atoms with Crippen molar-refractivity contribution in [3.8, 4) is 5.75 Å². The number of piperidine rings is 1. The van der Waals surface area contributed by atoms with Gasteiger partial charge in [0.1, 0.15) is 5.75 Å². The summed E-state index contributed by atoms with van der Waals surface area (Å²) in [5.74, 6) is 0.455. The number of hydrogen-bond acceptors (Lipinski definition) is 2. The number of nitrogens with zero attached hydrogens (tertiary/aromatic N) is 1. The minimum atomic E-state index is 0.433. The molecule has 1 fully saturated rings. The van der Waals surface area contributed by atoms with Crippen LogP contribution in [0, 0.1) is 0 Å². The quantitative estimate of drug-likeness (QED) is 0.305. The minimum Gasteiger partial charge on any atom is -0.507 e. The number of hydrogen-bond donors (Lipinski definition) is 1. The maximum atomic E-state index is 11.4. The van der Waals surface area contributed by atoms with Gasteiger partial charge in [-0.25, -0.2) is 0 Å². The summed E-state index contributed by atoms with van der Waals surface area (Å²) < 4.78 is 0. The molecule has 4 aromatic carbocycles. The molecule has 2 nitrogen and oxygen atoms in total. The first-order chi connectivity index (χ1) is 17.2. The summed E-state index contributed by atoms with van der Waals surface area (Å²) in [6.07, 6.45) is 5.56. The van der Waals surface area contributed by atoms with Crippen molar-refractivity contribution in [3.63, 3.8) is 0 Å². The number of aromatic hydroxyl groups is 1. The van der Waals surface area contributed by atoms with Crippen molar-refractivity contribution in [2.24, 2.45) is 0 Å². The zero-order valence-electron chi connectivity index (χ0n) is 20.3. The second-order valence-electron chi connectivity index (χ2n) is 9.59. The van der Waals surface area contributed by atoms with Crippen LogP contribution in [0.5, 0.6) is 5.75 Å². The summed E-state index contributed by atoms with van der Waals surface area (Å²) >= 11 is 0. The third kappa shape index (κ3) is 6.40. The van der Waals surface area contributed by atoms with Crippen molar-refractivity contribution in [1.29, 1.82) is 0 Å². The normalized spacial score (nSPS) is 14.5. The van der Waals surface area contributed by atoms with Gasteiger partial charge in [0, 0.05) is 18.3 Å². The predicted octanol–water partition coefficient (Wildman–Crippen LogP) is 6.19. The third-order valence-corrected chi connectivity index (χ3v) is 8.27. The molecule has 5 rings (SSSR count). The Labute approximate surface area is 211 Å². The molecule has 1 aliphatic rings. The molecule has 0 bridgehead atoms. The van der Waals surface area contributed by atoms with Gasteiger partial charge in [0.15, 0.2) is 0 Å². The largest absolute Gasteiger partial charge is 0.507 e. The summed E-state index contributed by atoms with van der Waals surface area (Å²) in [5, 5.41) is 13.8. The lowest BCUT2D eigenvalue weighted by molar-refractivity contribution is 0.221. The van der Waals surface area contributed by atoms with E-state index in [0.717, 1.165) is 30.3 Å². The second-order valence-corrected chi connectivity index (χ2v) is 10.9. The number of phenols is 1. The zero-order valence-corrected chi connectivity index (χ0v) is 21.3. The molecule has 0 amide bonds. The maximum absolute atomic E-state index is 11.4. The molecule has 1 heterocycles. The molecule has 178 valence electrons. The Morgan fingerprint density at radius 1 is 0.600 bits per heavy atom. The lowest BCUT2D eigenvalue weighted by Crippen LogP contribution is -2.30. The third-order valence-electron chi connectivity index (χ3n) is 6.87. The Balaban J connectivity index is 1.46. The van der Waals surface area contributed by atoms with Gasteiger partial charge in [0.25, 0.3) is 0 Å². The van der Waals surface area contributed by atoms with E-state index in [9.17, 15) is 5.11 Å². The van der Waals surface area contributed by atoms with Gasteiger partial charge in [0.05, 0.1) is 0 Å². The Morgan fingerprint density at radius 2 is 1.23 bits per heavy atom. The molecular weight excluding hydrogens is 445 g/mol. The first-order valence-corrected chi connectivity index (χ1v) is 13.7. The smallest absolute Gasteiger partial charge is 0.126 e. The average molecular weight is 480 g/mol. The van der Waals surface area contributed by atoms with Crippen molar-refractivity contribution in [2.45, 2.75) is 38.6 Å². The van der Waals surface area contributed by atoms with Crippen molar-refractivity contribution < 1.29 is 5.11 Å². The fraction of sp³-hybridized carbons (Fsp3) is 0.250. The first kappa shape index (κ1) is 23.8. The minimum absolute atomic E-state index is 0.433. The fourth-order valence-corrected chi connectivity index (χ4v) is 6.35. The average Bonchev–Trinajstić information content (AvgIpc) is 2.90. The summed E-state index contributed by atoms with van der Waals surface area (Å²) in [4.78, 5) is 2.58. The molecular formula is C32H34NOP. The van der Waals surface area contributed by atoms with Gasteiger partial charge in [0.2, 0.25) is 0 Å². The molecule has 35 heavy (non-hydrogen) atoms. The zero-order chi connectivity index (χ0) is 23.9. The first-order valence-electron chi connectivity index (χ1n) is 12.7. The summed E-state index contributed by atoms with van der Waals surface area (Å²) in [6, 6.07) is 34.3. The highest BCUT2D eigenvalue weighted by atomic mass is 31.1. The van der Waals surface area contributed by atoms with E-state index in [1.54, 1.807) is 0 Å². The van der Waals surface area contributed by atoms with Crippen LogP contribution in [0.4, 0.5) is 0 Å². The van der Waals surface area contributed by atoms with Crippen LogP contribution in [0.3, 0.4) is 0 Å². The van der Waals surface area contributed by atoms with E-state index in [0.29, 0.717) is 14.3 Å². The van der Waals surface area contributed by atoms with Gasteiger partial charge in [-0.1, -0.05) is 106 Å². The van der Waals surface area contributed by atoms with Gasteiger partial charge < -0.3 is 5.11 Å². The molecule has 1 aliphatic heterocycles. The lowest BCUT2D eigenvalue weighted by atomic mass is 9.98. The van der Waals surface area contributed by atoms with Crippen LogP contribution in [-0.2, 0) is 19.4 Å². The number of likely N-dealkylation sites (tertiary alicyclic amines) is 1. The van der Waals surface area contributed by atoms with E-state index in [1.165, 1.54) is 59.9 Å². The van der Waals surface area contributed by atoms with Crippen molar-refractivity contribution in [3.05, 3.63) is 125 Å². The van der Waals surface area contributed by atoms with E-state index < -0.39 is 0 Å². The van der Waals surface area contributed by atoms with Gasteiger partial charge in [-0.05, 0) is 71.5 Å². The van der Waals surface area contributed by atoms with Crippen LogP contribution < -0.4 is 10.6 Å². The number of rotatable bonds is 8. The Morgan fingerprint density at radius 3 is 1.94 bits per heavy atom. The molecule has 1 saturated heterocycles. The Hall–Kier alpha value is -2.93. The monoisotopic (exact) mass is 479 g/mol. The molecule has 0 saturated carbocycles. The van der Waals surface area contributed by atoms with Gasteiger partial charge in [-0.2, -0.15) is 0 Å². The van der Waals surface area contributed by atoms with E-state index in [1.807, 2.05) is 6.07 Å². The SMILES string of the molecule is Oc1c(Cc2ccccc2)cc(Cc2ccccc2)cc1Pc1ccccc1CN1CCCCC1. The molecule has 4 aromatic rings. The summed E-state index contributed by atoms with van der Waals surface area (Å²) in [6.45, 7) is 3.39. The topological polar surface area (TPSA) is 23.5 Å². The molecule has 0 aromatic heterocycles. The van der Waals surface area contributed by atoms with Crippen molar-refractivity contribution >= 4 is 19.2 Å². The summed E-state index contributed by atoms with van der Waals surface area (Å²) in [5.41, 5.74) is 6.19. The number of phenolic OH excluding ortho intramolecular Hbond substituents is 1. The van der Waals surface area contributed by atoms with E-state index in [4.69, 9.17) is 0 Å². The Bertz CT molecular complexity index is 1230. The van der Waals surface area contributed by atoms with Crippen LogP contribution in [-0.4, -0.2) is 23.1 Å². The highest BCUT2D eigenvalue weighted by molar-refractivity contribution is 7.55. The van der Waals surface area contributed by atoms with Gasteiger partial charge in [-0.3, -0.25) is 4.90 Å². The standard InChI is InChI=1S/C32H34NOP/c34-32-29(21-26-14-6-2-7-15-26)22-27(20-25-12-4-1-5-13-25)23-31(32)35-30-17-9-8-16-28(30)24-33-18-10-3-11-19-33/h1-2,4-9,12-17,22-23,34-35H,3,10-11,18-21,24H2. The highest BCUT2D eigenvalue weighted by Crippen LogP contribution is 2.28. The van der Waals surface area contributed by atoms with Gasteiger partial charge >= 0.3 is 0 Å². The molecule has 0 spiro atoms.